The summed E-state index contributed by atoms with van der Waals surface area (Å²) in [5, 5.41) is 4.18. The molecule has 1 aliphatic rings. The van der Waals surface area contributed by atoms with Gasteiger partial charge in [-0.1, -0.05) is 17.7 Å². The highest BCUT2D eigenvalue weighted by Crippen LogP contribution is 2.65. The van der Waals surface area contributed by atoms with Crippen molar-refractivity contribution in [3.63, 3.8) is 0 Å². The zero-order chi connectivity index (χ0) is 24.0. The number of hydrogen-bond acceptors (Lipinski definition) is 2. The summed E-state index contributed by atoms with van der Waals surface area (Å²) >= 11 is 18.1. The van der Waals surface area contributed by atoms with Crippen LogP contribution in [0, 0.1) is 17.6 Å². The quantitative estimate of drug-likeness (QED) is 0.384. The van der Waals surface area contributed by atoms with E-state index in [0.29, 0.717) is 11.6 Å². The highest BCUT2D eigenvalue weighted by molar-refractivity contribution is 6.53. The lowest BCUT2D eigenvalue weighted by Crippen LogP contribution is -2.26. The zero-order valence-electron chi connectivity index (χ0n) is 16.1. The fraction of sp³-hybridized carbons (Fsp3) is 0.300. The van der Waals surface area contributed by atoms with Gasteiger partial charge in [0, 0.05) is 18.2 Å². The van der Waals surface area contributed by atoms with E-state index in [-0.39, 0.29) is 11.6 Å². The normalized spacial score (nSPS) is 19.4. The summed E-state index contributed by atoms with van der Waals surface area (Å²) in [6, 6.07) is 4.77. The molecule has 0 radical (unpaired) electrons. The van der Waals surface area contributed by atoms with Crippen molar-refractivity contribution in [1.29, 1.82) is 0 Å². The average Bonchev–Trinajstić information content (AvgIpc) is 3.26. The molecule has 0 aromatic heterocycles. The van der Waals surface area contributed by atoms with Crippen molar-refractivity contribution in [3.8, 4) is 0 Å². The second-order valence-corrected chi connectivity index (χ2v) is 8.89. The molecular weight excluding hydrogens is 502 g/mol. The van der Waals surface area contributed by atoms with Gasteiger partial charge in [-0.3, -0.25) is 9.59 Å². The maximum absolute atomic E-state index is 14.3. The predicted octanol–water partition coefficient (Wildman–Crippen LogP) is 5.91. The summed E-state index contributed by atoms with van der Waals surface area (Å²) in [6.07, 6.45) is -5.12. The van der Waals surface area contributed by atoms with E-state index in [4.69, 9.17) is 34.8 Å². The lowest BCUT2D eigenvalue weighted by molar-refractivity contribution is -0.140. The van der Waals surface area contributed by atoms with E-state index < -0.39 is 62.6 Å². The Kier molecular flexibility index (Phi) is 6.66. The lowest BCUT2D eigenvalue weighted by atomic mass is 10.1. The molecule has 2 amide bonds. The molecular formula is C20H14Cl3F5N2O2. The van der Waals surface area contributed by atoms with Gasteiger partial charge in [-0.15, -0.1) is 23.2 Å². The topological polar surface area (TPSA) is 58.2 Å². The van der Waals surface area contributed by atoms with Gasteiger partial charge in [0.2, 0.25) is 5.91 Å². The first-order valence-electron chi connectivity index (χ1n) is 9.11. The van der Waals surface area contributed by atoms with Gasteiger partial charge in [-0.25, -0.2) is 8.78 Å². The van der Waals surface area contributed by atoms with Gasteiger partial charge in [0.1, 0.15) is 16.0 Å². The number of rotatable bonds is 5. The van der Waals surface area contributed by atoms with Crippen LogP contribution in [0.15, 0.2) is 30.3 Å². The van der Waals surface area contributed by atoms with Crippen molar-refractivity contribution < 1.29 is 31.5 Å². The molecule has 0 heterocycles. The average molecular weight is 516 g/mol. The van der Waals surface area contributed by atoms with Crippen LogP contribution in [-0.2, 0) is 11.0 Å². The Bertz CT molecular complexity index is 1090. The molecule has 2 aromatic rings. The van der Waals surface area contributed by atoms with E-state index in [0.717, 1.165) is 12.1 Å². The van der Waals surface area contributed by atoms with Crippen molar-refractivity contribution in [2.75, 3.05) is 11.9 Å². The van der Waals surface area contributed by atoms with Gasteiger partial charge < -0.3 is 10.6 Å². The van der Waals surface area contributed by atoms with E-state index in [1.54, 1.807) is 0 Å². The maximum Gasteiger partial charge on any atom is 0.419 e. The molecule has 0 bridgehead atoms. The molecule has 3 rings (SSSR count). The Morgan fingerprint density at radius 2 is 1.78 bits per heavy atom. The summed E-state index contributed by atoms with van der Waals surface area (Å²) in [5.74, 6) is -6.37. The largest absolute Gasteiger partial charge is 0.419 e. The highest BCUT2D eigenvalue weighted by Gasteiger charge is 2.67. The van der Waals surface area contributed by atoms with Crippen molar-refractivity contribution in [1.82, 2.24) is 5.32 Å². The minimum Gasteiger partial charge on any atom is -0.352 e. The van der Waals surface area contributed by atoms with Crippen LogP contribution >= 0.6 is 34.8 Å². The van der Waals surface area contributed by atoms with Gasteiger partial charge in [0.05, 0.1) is 22.1 Å². The Balaban J connectivity index is 1.92. The Morgan fingerprint density at radius 1 is 1.12 bits per heavy atom. The number of alkyl halides is 5. The number of nitrogens with one attached hydrogen (secondary N) is 2. The summed E-state index contributed by atoms with van der Waals surface area (Å²) < 4.78 is 65.9. The van der Waals surface area contributed by atoms with E-state index >= 15 is 0 Å². The fourth-order valence-corrected chi connectivity index (χ4v) is 4.33. The first kappa shape index (κ1) is 24.5. The van der Waals surface area contributed by atoms with E-state index in [1.807, 2.05) is 0 Å². The van der Waals surface area contributed by atoms with E-state index in [1.165, 1.54) is 19.1 Å². The van der Waals surface area contributed by atoms with Gasteiger partial charge >= 0.3 is 6.18 Å². The van der Waals surface area contributed by atoms with Gasteiger partial charge in [-0.05, 0) is 36.8 Å². The first-order chi connectivity index (χ1) is 14.8. The number of halogens is 8. The van der Waals surface area contributed by atoms with Crippen LogP contribution in [0.2, 0.25) is 5.02 Å². The molecule has 0 spiro atoms. The Morgan fingerprint density at radius 3 is 2.34 bits per heavy atom. The SMILES string of the molecule is CCNC(=O)c1cc(NC(=O)C2C(c3ccc(F)c(Cl)c3)C2(Cl)Cl)cc(C(F)(F)F)c1F. The first-order valence-corrected chi connectivity index (χ1v) is 10.2. The highest BCUT2D eigenvalue weighted by atomic mass is 35.5. The number of anilines is 1. The number of carbonyl (C=O) groups excluding carboxylic acids is 2. The number of benzene rings is 2. The Hall–Kier alpha value is -2.10. The maximum atomic E-state index is 14.3. The summed E-state index contributed by atoms with van der Waals surface area (Å²) in [6.45, 7) is 1.54. The summed E-state index contributed by atoms with van der Waals surface area (Å²) in [7, 11) is 0. The van der Waals surface area contributed by atoms with E-state index in [2.05, 4.69) is 10.6 Å². The monoisotopic (exact) mass is 514 g/mol. The molecule has 32 heavy (non-hydrogen) atoms. The van der Waals surface area contributed by atoms with Gasteiger partial charge in [0.15, 0.2) is 0 Å². The van der Waals surface area contributed by atoms with Crippen LogP contribution < -0.4 is 10.6 Å². The molecule has 1 saturated carbocycles. The zero-order valence-corrected chi connectivity index (χ0v) is 18.4. The smallest absolute Gasteiger partial charge is 0.352 e. The molecule has 2 N–H and O–H groups in total. The van der Waals surface area contributed by atoms with Crippen molar-refractivity contribution in [2.45, 2.75) is 23.4 Å². The second-order valence-electron chi connectivity index (χ2n) is 7.04. The van der Waals surface area contributed by atoms with Crippen LogP contribution in [0.25, 0.3) is 0 Å². The van der Waals surface area contributed by atoms with E-state index in [9.17, 15) is 31.5 Å². The molecule has 1 fully saturated rings. The molecule has 1 aliphatic carbocycles. The second kappa shape index (κ2) is 8.68. The van der Waals surface area contributed by atoms with Crippen LogP contribution in [-0.4, -0.2) is 22.7 Å². The summed E-state index contributed by atoms with van der Waals surface area (Å²) in [4.78, 5) is 24.7. The molecule has 2 aromatic carbocycles. The number of carbonyl (C=O) groups is 2. The minimum atomic E-state index is -5.12. The minimum absolute atomic E-state index is 0.0429. The summed E-state index contributed by atoms with van der Waals surface area (Å²) in [5.41, 5.74) is -2.74. The van der Waals surface area contributed by atoms with Gasteiger partial charge in [0.25, 0.3) is 5.91 Å². The molecule has 2 unspecified atom stereocenters. The van der Waals surface area contributed by atoms with Crippen LogP contribution in [0.1, 0.15) is 34.3 Å². The van der Waals surface area contributed by atoms with Crippen LogP contribution in [0.5, 0.6) is 0 Å². The van der Waals surface area contributed by atoms with Crippen molar-refractivity contribution >= 4 is 52.3 Å². The third-order valence-corrected chi connectivity index (χ3v) is 6.10. The number of amides is 2. The number of hydrogen-bond donors (Lipinski definition) is 2. The predicted molar refractivity (Wildman–Crippen MR) is 110 cm³/mol. The Labute approximate surface area is 194 Å². The molecule has 0 saturated heterocycles. The fourth-order valence-electron chi connectivity index (χ4n) is 3.32. The third-order valence-electron chi connectivity index (χ3n) is 4.87. The molecule has 4 nitrogen and oxygen atoms in total. The van der Waals surface area contributed by atoms with Crippen molar-refractivity contribution in [3.05, 3.63) is 63.7 Å². The lowest BCUT2D eigenvalue weighted by Gasteiger charge is -2.15. The van der Waals surface area contributed by atoms with Crippen molar-refractivity contribution in [2.24, 2.45) is 5.92 Å². The van der Waals surface area contributed by atoms with Gasteiger partial charge in [-0.2, -0.15) is 13.2 Å². The van der Waals surface area contributed by atoms with Crippen LogP contribution in [0.4, 0.5) is 27.6 Å². The molecule has 2 atom stereocenters. The van der Waals surface area contributed by atoms with Crippen LogP contribution in [0.3, 0.4) is 0 Å². The third kappa shape index (κ3) is 4.65. The molecule has 172 valence electrons. The molecule has 0 aliphatic heterocycles. The standard InChI is InChI=1S/C20H14Cl3F5N2O2/c1-2-29-17(31)10-6-9(7-11(16(10)25)20(26,27)28)30-18(32)15-14(19(15,22)23)8-3-4-13(24)12(21)5-8/h3-7,14-15H,2H2,1H3,(H,29,31)(H,30,32). The molecule has 12 heteroatoms.